The van der Waals surface area contributed by atoms with E-state index in [-0.39, 0.29) is 11.6 Å². The third-order valence-corrected chi connectivity index (χ3v) is 4.05. The van der Waals surface area contributed by atoms with Crippen molar-refractivity contribution in [3.63, 3.8) is 0 Å². The highest BCUT2D eigenvalue weighted by Crippen LogP contribution is 2.37. The maximum atomic E-state index is 6.28. The average Bonchev–Trinajstić information content (AvgIpc) is 2.90. The fourth-order valence-corrected chi connectivity index (χ4v) is 3.21. The van der Waals surface area contributed by atoms with Crippen LogP contribution >= 0.6 is 0 Å². The molecule has 0 spiro atoms. The summed E-state index contributed by atoms with van der Waals surface area (Å²) >= 11 is 0. The normalized spacial score (nSPS) is 24.2. The quantitative estimate of drug-likeness (QED) is 0.855. The number of nitrogens with two attached hydrogens (primary N) is 1. The number of hydrogen-bond donors (Lipinski definition) is 1. The molecular formula is C15H22N4. The summed E-state index contributed by atoms with van der Waals surface area (Å²) in [6.07, 6.45) is 7.15. The van der Waals surface area contributed by atoms with Gasteiger partial charge in [0.05, 0.1) is 11.7 Å². The van der Waals surface area contributed by atoms with Gasteiger partial charge in [-0.2, -0.15) is 0 Å². The van der Waals surface area contributed by atoms with Gasteiger partial charge in [-0.25, -0.2) is 4.98 Å². The molecule has 0 bridgehead atoms. The van der Waals surface area contributed by atoms with Gasteiger partial charge < -0.3 is 10.3 Å². The summed E-state index contributed by atoms with van der Waals surface area (Å²) in [5.74, 6) is 1.52. The van der Waals surface area contributed by atoms with Gasteiger partial charge in [-0.05, 0) is 39.7 Å². The minimum absolute atomic E-state index is 0.00769. The zero-order valence-electron chi connectivity index (χ0n) is 11.9. The lowest BCUT2D eigenvalue weighted by atomic mass is 10.0. The molecule has 0 aliphatic heterocycles. The summed E-state index contributed by atoms with van der Waals surface area (Å²) in [6, 6.07) is 2.29. The van der Waals surface area contributed by atoms with E-state index in [2.05, 4.69) is 36.4 Å². The highest BCUT2D eigenvalue weighted by molar-refractivity contribution is 5.75. The minimum atomic E-state index is 0.00769. The second-order valence-corrected chi connectivity index (χ2v) is 6.54. The van der Waals surface area contributed by atoms with E-state index in [1.54, 1.807) is 0 Å². The molecule has 102 valence electrons. The summed E-state index contributed by atoms with van der Waals surface area (Å²) in [4.78, 5) is 9.02. The molecule has 2 atom stereocenters. The summed E-state index contributed by atoms with van der Waals surface area (Å²) in [6.45, 7) is 6.66. The first-order valence-corrected chi connectivity index (χ1v) is 7.07. The van der Waals surface area contributed by atoms with E-state index in [1.807, 2.05) is 12.4 Å². The Labute approximate surface area is 114 Å². The van der Waals surface area contributed by atoms with Crippen molar-refractivity contribution in [1.82, 2.24) is 14.5 Å². The van der Waals surface area contributed by atoms with Crippen LogP contribution in [0.4, 0.5) is 0 Å². The smallest absolute Gasteiger partial charge is 0.115 e. The Morgan fingerprint density at radius 1 is 1.32 bits per heavy atom. The van der Waals surface area contributed by atoms with Crippen LogP contribution in [-0.4, -0.2) is 20.6 Å². The lowest BCUT2D eigenvalue weighted by Gasteiger charge is -2.27. The van der Waals surface area contributed by atoms with Crippen molar-refractivity contribution in [3.8, 4) is 0 Å². The molecular weight excluding hydrogens is 236 g/mol. The Kier molecular flexibility index (Phi) is 2.86. The van der Waals surface area contributed by atoms with Crippen molar-refractivity contribution in [2.45, 2.75) is 57.5 Å². The van der Waals surface area contributed by atoms with Crippen LogP contribution in [0.15, 0.2) is 18.5 Å². The van der Waals surface area contributed by atoms with Crippen molar-refractivity contribution in [1.29, 1.82) is 0 Å². The molecule has 2 heterocycles. The van der Waals surface area contributed by atoms with Crippen molar-refractivity contribution in [3.05, 3.63) is 24.3 Å². The van der Waals surface area contributed by atoms with Crippen LogP contribution in [0, 0.1) is 0 Å². The van der Waals surface area contributed by atoms with Crippen LogP contribution in [0.25, 0.3) is 11.0 Å². The van der Waals surface area contributed by atoms with Gasteiger partial charge in [-0.1, -0.05) is 6.42 Å². The van der Waals surface area contributed by atoms with E-state index in [9.17, 15) is 0 Å². The molecule has 2 N–H and O–H groups in total. The van der Waals surface area contributed by atoms with Gasteiger partial charge >= 0.3 is 0 Å². The SMILES string of the molecule is CC(C)(C)n1c(C2CCCC2N)nc2cnccc21. The Morgan fingerprint density at radius 3 is 2.74 bits per heavy atom. The molecule has 1 aliphatic carbocycles. The number of pyridine rings is 1. The van der Waals surface area contributed by atoms with Gasteiger partial charge in [-0.15, -0.1) is 0 Å². The Bertz CT molecular complexity index is 594. The van der Waals surface area contributed by atoms with E-state index in [4.69, 9.17) is 10.7 Å². The number of nitrogens with zero attached hydrogens (tertiary/aromatic N) is 3. The lowest BCUT2D eigenvalue weighted by molar-refractivity contribution is 0.378. The van der Waals surface area contributed by atoms with Crippen molar-refractivity contribution < 1.29 is 0 Å². The molecule has 1 aliphatic rings. The first-order valence-electron chi connectivity index (χ1n) is 7.07. The molecule has 1 fully saturated rings. The zero-order valence-corrected chi connectivity index (χ0v) is 11.9. The van der Waals surface area contributed by atoms with Crippen LogP contribution < -0.4 is 5.73 Å². The second kappa shape index (κ2) is 4.30. The molecule has 2 unspecified atom stereocenters. The Balaban J connectivity index is 2.23. The molecule has 0 aromatic carbocycles. The fraction of sp³-hybridized carbons (Fsp3) is 0.600. The number of hydrogen-bond acceptors (Lipinski definition) is 3. The number of fused-ring (bicyclic) bond motifs is 1. The summed E-state index contributed by atoms with van der Waals surface area (Å²) in [7, 11) is 0. The van der Waals surface area contributed by atoms with E-state index < -0.39 is 0 Å². The Hall–Kier alpha value is -1.42. The van der Waals surface area contributed by atoms with Crippen LogP contribution in [-0.2, 0) is 5.54 Å². The zero-order chi connectivity index (χ0) is 13.6. The molecule has 0 saturated heterocycles. The molecule has 4 heteroatoms. The van der Waals surface area contributed by atoms with Crippen LogP contribution in [0.1, 0.15) is 51.8 Å². The number of aromatic nitrogens is 3. The minimum Gasteiger partial charge on any atom is -0.327 e. The van der Waals surface area contributed by atoms with Gasteiger partial charge in [0.2, 0.25) is 0 Å². The molecule has 4 nitrogen and oxygen atoms in total. The van der Waals surface area contributed by atoms with Crippen molar-refractivity contribution in [2.24, 2.45) is 5.73 Å². The van der Waals surface area contributed by atoms with Gasteiger partial charge in [0.1, 0.15) is 11.3 Å². The van der Waals surface area contributed by atoms with E-state index >= 15 is 0 Å². The van der Waals surface area contributed by atoms with Gasteiger partial charge in [0, 0.05) is 23.7 Å². The second-order valence-electron chi connectivity index (χ2n) is 6.54. The van der Waals surface area contributed by atoms with Crippen LogP contribution in [0.3, 0.4) is 0 Å². The van der Waals surface area contributed by atoms with Gasteiger partial charge in [0.15, 0.2) is 0 Å². The monoisotopic (exact) mass is 258 g/mol. The average molecular weight is 258 g/mol. The summed E-state index contributed by atoms with van der Waals surface area (Å²) in [5.41, 5.74) is 8.43. The third-order valence-electron chi connectivity index (χ3n) is 4.05. The molecule has 2 aromatic heterocycles. The maximum absolute atomic E-state index is 6.28. The Morgan fingerprint density at radius 2 is 2.11 bits per heavy atom. The first kappa shape index (κ1) is 12.6. The van der Waals surface area contributed by atoms with Crippen LogP contribution in [0.2, 0.25) is 0 Å². The molecule has 1 saturated carbocycles. The highest BCUT2D eigenvalue weighted by Gasteiger charge is 2.32. The standard InChI is InChI=1S/C15H22N4/c1-15(2,3)19-13-7-8-17-9-12(13)18-14(19)10-5-4-6-11(10)16/h7-11H,4-6,16H2,1-3H3. The molecule has 2 aromatic rings. The predicted octanol–water partition coefficient (Wildman–Crippen LogP) is 2.78. The highest BCUT2D eigenvalue weighted by atomic mass is 15.1. The fourth-order valence-electron chi connectivity index (χ4n) is 3.21. The van der Waals surface area contributed by atoms with E-state index in [1.165, 1.54) is 6.42 Å². The largest absolute Gasteiger partial charge is 0.327 e. The third kappa shape index (κ3) is 2.04. The molecule has 3 rings (SSSR count). The van der Waals surface area contributed by atoms with Gasteiger partial charge in [-0.3, -0.25) is 4.98 Å². The lowest BCUT2D eigenvalue weighted by Crippen LogP contribution is -2.30. The number of rotatable bonds is 1. The van der Waals surface area contributed by atoms with E-state index in [0.29, 0.717) is 5.92 Å². The van der Waals surface area contributed by atoms with Crippen LogP contribution in [0.5, 0.6) is 0 Å². The summed E-state index contributed by atoms with van der Waals surface area (Å²) < 4.78 is 2.35. The predicted molar refractivity (Wildman–Crippen MR) is 77.1 cm³/mol. The molecule has 19 heavy (non-hydrogen) atoms. The van der Waals surface area contributed by atoms with Crippen molar-refractivity contribution >= 4 is 11.0 Å². The molecule has 0 radical (unpaired) electrons. The maximum Gasteiger partial charge on any atom is 0.115 e. The van der Waals surface area contributed by atoms with Crippen molar-refractivity contribution in [2.75, 3.05) is 0 Å². The first-order chi connectivity index (χ1) is 8.98. The van der Waals surface area contributed by atoms with E-state index in [0.717, 1.165) is 29.7 Å². The topological polar surface area (TPSA) is 56.7 Å². The molecule has 0 amide bonds. The summed E-state index contributed by atoms with van der Waals surface area (Å²) in [5, 5.41) is 0. The van der Waals surface area contributed by atoms with Gasteiger partial charge in [0.25, 0.3) is 0 Å². The number of imidazole rings is 1.